The minimum atomic E-state index is -0.474. The second-order valence-corrected chi connectivity index (χ2v) is 7.49. The molecule has 0 radical (unpaired) electrons. The molecular formula is C21H22BrN3O5. The second kappa shape index (κ2) is 9.62. The third-order valence-corrected chi connectivity index (χ3v) is 5.24. The maximum atomic E-state index is 12.5. The highest BCUT2D eigenvalue weighted by atomic mass is 79.9. The number of amides is 2. The van der Waals surface area contributed by atoms with Crippen molar-refractivity contribution in [1.82, 2.24) is 5.43 Å². The van der Waals surface area contributed by atoms with Crippen molar-refractivity contribution in [2.75, 3.05) is 32.8 Å². The van der Waals surface area contributed by atoms with Crippen LogP contribution in [-0.4, -0.2) is 45.9 Å². The van der Waals surface area contributed by atoms with Crippen LogP contribution in [0.5, 0.6) is 17.2 Å². The summed E-state index contributed by atoms with van der Waals surface area (Å²) in [5, 5.41) is 4.01. The summed E-state index contributed by atoms with van der Waals surface area (Å²) in [5.41, 5.74) is 3.93. The van der Waals surface area contributed by atoms with Gasteiger partial charge in [0.05, 0.1) is 33.5 Å². The Hall–Kier alpha value is -3.07. The summed E-state index contributed by atoms with van der Waals surface area (Å²) < 4.78 is 16.8. The highest BCUT2D eigenvalue weighted by Crippen LogP contribution is 2.37. The fraction of sp³-hybridized carbons (Fsp3) is 0.286. The highest BCUT2D eigenvalue weighted by Gasteiger charge is 2.35. The van der Waals surface area contributed by atoms with Gasteiger partial charge in [0.1, 0.15) is 0 Å². The summed E-state index contributed by atoms with van der Waals surface area (Å²) in [6, 6.07) is 10.8. The smallest absolute Gasteiger partial charge is 0.245 e. The van der Waals surface area contributed by atoms with Crippen LogP contribution in [0.2, 0.25) is 0 Å². The van der Waals surface area contributed by atoms with E-state index < -0.39 is 5.92 Å². The quantitative estimate of drug-likeness (QED) is 0.491. The van der Waals surface area contributed by atoms with Gasteiger partial charge in [0.25, 0.3) is 0 Å². The summed E-state index contributed by atoms with van der Waals surface area (Å²) in [6.07, 6.45) is 1.62. The molecule has 0 bridgehead atoms. The van der Waals surface area contributed by atoms with Gasteiger partial charge in [-0.05, 0) is 36.4 Å². The number of carbonyl (C=O) groups excluding carboxylic acids is 2. The fourth-order valence-electron chi connectivity index (χ4n) is 3.19. The van der Waals surface area contributed by atoms with Crippen molar-refractivity contribution in [2.45, 2.75) is 6.42 Å². The molecule has 1 aliphatic heterocycles. The maximum Gasteiger partial charge on any atom is 0.245 e. The van der Waals surface area contributed by atoms with Crippen molar-refractivity contribution in [3.8, 4) is 17.2 Å². The lowest BCUT2D eigenvalue weighted by Crippen LogP contribution is -2.30. The monoisotopic (exact) mass is 475 g/mol. The van der Waals surface area contributed by atoms with E-state index in [1.54, 1.807) is 17.0 Å². The number of benzene rings is 2. The van der Waals surface area contributed by atoms with Crippen LogP contribution >= 0.6 is 15.9 Å². The Morgan fingerprint density at radius 3 is 2.33 bits per heavy atom. The number of hydrogen-bond acceptors (Lipinski definition) is 6. The Kier molecular flexibility index (Phi) is 6.94. The molecule has 1 saturated heterocycles. The van der Waals surface area contributed by atoms with Crippen molar-refractivity contribution >= 4 is 39.6 Å². The zero-order valence-corrected chi connectivity index (χ0v) is 18.4. The summed E-state index contributed by atoms with van der Waals surface area (Å²) in [4.78, 5) is 26.4. The number of anilines is 1. The first-order valence-electron chi connectivity index (χ1n) is 9.15. The van der Waals surface area contributed by atoms with Crippen LogP contribution in [-0.2, 0) is 9.59 Å². The van der Waals surface area contributed by atoms with Gasteiger partial charge >= 0.3 is 0 Å². The predicted octanol–water partition coefficient (Wildman–Crippen LogP) is 2.98. The second-order valence-electron chi connectivity index (χ2n) is 6.57. The number of nitrogens with one attached hydrogen (secondary N) is 1. The number of hydrazone groups is 1. The third kappa shape index (κ3) is 4.73. The first-order valence-corrected chi connectivity index (χ1v) is 9.95. The molecule has 30 heavy (non-hydrogen) atoms. The molecule has 0 aliphatic carbocycles. The van der Waals surface area contributed by atoms with Crippen LogP contribution in [0.4, 0.5) is 5.69 Å². The molecule has 1 heterocycles. The minimum absolute atomic E-state index is 0.0916. The summed E-state index contributed by atoms with van der Waals surface area (Å²) in [6.45, 7) is 0.312. The largest absolute Gasteiger partial charge is 0.493 e. The standard InChI is InChI=1S/C21H22BrN3O5/c1-28-17-8-13(9-18(29-2)20(17)30-3)11-23-24-21(27)14-10-19(26)25(12-14)16-6-4-15(22)5-7-16/h4-9,11,14H,10,12H2,1-3H3,(H,24,27). The van der Waals surface area contributed by atoms with Crippen LogP contribution in [0.15, 0.2) is 46.0 Å². The minimum Gasteiger partial charge on any atom is -0.493 e. The number of carbonyl (C=O) groups is 2. The van der Waals surface area contributed by atoms with E-state index in [2.05, 4.69) is 26.5 Å². The number of rotatable bonds is 7. The predicted molar refractivity (Wildman–Crippen MR) is 116 cm³/mol. The molecular weight excluding hydrogens is 454 g/mol. The highest BCUT2D eigenvalue weighted by molar-refractivity contribution is 9.10. The zero-order valence-electron chi connectivity index (χ0n) is 16.8. The number of methoxy groups -OCH3 is 3. The van der Waals surface area contributed by atoms with Gasteiger partial charge in [0.2, 0.25) is 17.6 Å². The normalized spacial score (nSPS) is 16.1. The van der Waals surface area contributed by atoms with E-state index in [0.29, 0.717) is 29.4 Å². The van der Waals surface area contributed by atoms with Crippen molar-refractivity contribution in [3.05, 3.63) is 46.4 Å². The van der Waals surface area contributed by atoms with E-state index in [1.807, 2.05) is 24.3 Å². The number of hydrogen-bond donors (Lipinski definition) is 1. The number of halogens is 1. The van der Waals surface area contributed by atoms with Gasteiger partial charge < -0.3 is 19.1 Å². The molecule has 158 valence electrons. The maximum absolute atomic E-state index is 12.5. The van der Waals surface area contributed by atoms with Crippen LogP contribution in [0.1, 0.15) is 12.0 Å². The Morgan fingerprint density at radius 2 is 1.77 bits per heavy atom. The molecule has 1 aliphatic rings. The molecule has 3 rings (SSSR count). The number of nitrogens with zero attached hydrogens (tertiary/aromatic N) is 2. The van der Waals surface area contributed by atoms with Crippen molar-refractivity contribution < 1.29 is 23.8 Å². The first-order chi connectivity index (χ1) is 14.5. The van der Waals surface area contributed by atoms with Crippen molar-refractivity contribution in [1.29, 1.82) is 0 Å². The lowest BCUT2D eigenvalue weighted by atomic mass is 10.1. The van der Waals surface area contributed by atoms with E-state index in [-0.39, 0.29) is 18.2 Å². The van der Waals surface area contributed by atoms with Gasteiger partial charge in [-0.25, -0.2) is 5.43 Å². The van der Waals surface area contributed by atoms with Crippen LogP contribution in [0, 0.1) is 5.92 Å². The molecule has 0 saturated carbocycles. The molecule has 9 heteroatoms. The molecule has 2 aromatic rings. The Bertz CT molecular complexity index is 937. The van der Waals surface area contributed by atoms with Crippen LogP contribution < -0.4 is 24.5 Å². The summed E-state index contributed by atoms with van der Waals surface area (Å²) >= 11 is 3.37. The van der Waals surface area contributed by atoms with E-state index in [1.165, 1.54) is 27.5 Å². The third-order valence-electron chi connectivity index (χ3n) is 4.71. The molecule has 8 nitrogen and oxygen atoms in total. The van der Waals surface area contributed by atoms with E-state index in [4.69, 9.17) is 14.2 Å². The van der Waals surface area contributed by atoms with Gasteiger partial charge in [-0.2, -0.15) is 5.10 Å². The van der Waals surface area contributed by atoms with E-state index in [0.717, 1.165) is 10.2 Å². The molecule has 1 fully saturated rings. The molecule has 2 amide bonds. The number of ether oxygens (including phenoxy) is 3. The topological polar surface area (TPSA) is 89.5 Å². The fourth-order valence-corrected chi connectivity index (χ4v) is 3.46. The summed E-state index contributed by atoms with van der Waals surface area (Å²) in [7, 11) is 4.57. The zero-order chi connectivity index (χ0) is 21.7. The van der Waals surface area contributed by atoms with Gasteiger partial charge in [0, 0.05) is 28.7 Å². The Labute approximate surface area is 182 Å². The van der Waals surface area contributed by atoms with Crippen LogP contribution in [0.3, 0.4) is 0 Å². The van der Waals surface area contributed by atoms with Crippen molar-refractivity contribution in [3.63, 3.8) is 0 Å². The van der Waals surface area contributed by atoms with Gasteiger partial charge in [-0.15, -0.1) is 0 Å². The van der Waals surface area contributed by atoms with Crippen LogP contribution in [0.25, 0.3) is 0 Å². The van der Waals surface area contributed by atoms with Crippen molar-refractivity contribution in [2.24, 2.45) is 11.0 Å². The molecule has 2 aromatic carbocycles. The van der Waals surface area contributed by atoms with Gasteiger partial charge in [0.15, 0.2) is 11.5 Å². The molecule has 0 spiro atoms. The first kappa shape index (κ1) is 21.6. The Morgan fingerprint density at radius 1 is 1.13 bits per heavy atom. The lowest BCUT2D eigenvalue weighted by Gasteiger charge is -2.16. The van der Waals surface area contributed by atoms with E-state index >= 15 is 0 Å². The lowest BCUT2D eigenvalue weighted by molar-refractivity contribution is -0.126. The SMILES string of the molecule is COc1cc(C=NNC(=O)C2CC(=O)N(c3ccc(Br)cc3)C2)cc(OC)c1OC. The Balaban J connectivity index is 1.65. The van der Waals surface area contributed by atoms with E-state index in [9.17, 15) is 9.59 Å². The summed E-state index contributed by atoms with van der Waals surface area (Å²) in [5.74, 6) is 0.557. The molecule has 1 N–H and O–H groups in total. The average molecular weight is 476 g/mol. The molecule has 1 atom stereocenters. The molecule has 1 unspecified atom stereocenters. The van der Waals surface area contributed by atoms with Gasteiger partial charge in [-0.3, -0.25) is 9.59 Å². The average Bonchev–Trinajstić information content (AvgIpc) is 3.15. The molecule has 0 aromatic heterocycles. The van der Waals surface area contributed by atoms with Gasteiger partial charge in [-0.1, -0.05) is 15.9 Å².